The molecule has 2 aliphatic rings. The number of anilines is 1. The second-order valence-corrected chi connectivity index (χ2v) is 8.05. The molecule has 0 bridgehead atoms. The molecule has 2 amide bonds. The smallest absolute Gasteiger partial charge is 0.258 e. The van der Waals surface area contributed by atoms with E-state index in [1.807, 2.05) is 24.3 Å². The van der Waals surface area contributed by atoms with Gasteiger partial charge >= 0.3 is 0 Å². The largest absolute Gasteiger partial charge is 0.394 e. The van der Waals surface area contributed by atoms with Crippen molar-refractivity contribution in [1.29, 1.82) is 0 Å². The molecule has 1 N–H and O–H groups in total. The third kappa shape index (κ3) is 3.17. The topological polar surface area (TPSA) is 60.9 Å². The summed E-state index contributed by atoms with van der Waals surface area (Å²) in [4.78, 5) is 29.6. The van der Waals surface area contributed by atoms with Crippen molar-refractivity contribution in [2.75, 3.05) is 18.1 Å². The minimum Gasteiger partial charge on any atom is -0.394 e. The summed E-state index contributed by atoms with van der Waals surface area (Å²) in [5.74, 6) is -1.97. The van der Waals surface area contributed by atoms with Crippen LogP contribution < -0.4 is 4.90 Å². The Kier molecular flexibility index (Phi) is 4.98. The summed E-state index contributed by atoms with van der Waals surface area (Å²) in [6.07, 6.45) is 0. The Labute approximate surface area is 183 Å². The van der Waals surface area contributed by atoms with Crippen LogP contribution in [0.5, 0.6) is 0 Å². The minimum absolute atomic E-state index is 0.162. The van der Waals surface area contributed by atoms with Crippen LogP contribution in [0.3, 0.4) is 0 Å². The average molecular weight is 434 g/mol. The van der Waals surface area contributed by atoms with Gasteiger partial charge in [0, 0.05) is 29.3 Å². The van der Waals surface area contributed by atoms with Gasteiger partial charge in [-0.2, -0.15) is 0 Å². The number of hydrogen-bond acceptors (Lipinski definition) is 3. The number of carbonyl (C=O) groups is 2. The number of rotatable bonds is 3. The first-order chi connectivity index (χ1) is 15.5. The highest BCUT2D eigenvalue weighted by Gasteiger charge is 2.55. The van der Waals surface area contributed by atoms with Gasteiger partial charge in [0.2, 0.25) is 0 Å². The number of fused-ring (bicyclic) bond motifs is 3. The molecule has 1 fully saturated rings. The number of amides is 2. The molecule has 3 aromatic carbocycles. The van der Waals surface area contributed by atoms with Crippen molar-refractivity contribution < 1.29 is 23.5 Å². The van der Waals surface area contributed by atoms with E-state index in [4.69, 9.17) is 0 Å². The molecule has 0 unspecified atom stereocenters. The molecule has 3 atom stereocenters. The van der Waals surface area contributed by atoms with E-state index >= 15 is 0 Å². The van der Waals surface area contributed by atoms with Gasteiger partial charge in [-0.15, -0.1) is 0 Å². The standard InChI is InChI=1S/C25H20F2N2O3/c26-17-7-3-5-15(11-17)24(31)28-13-21-23(19-9-1-2-10-20(19)28)22(14-30)29(21)25(32)16-6-4-8-18(27)12-16/h1-12,21-23,30H,13-14H2/t21-,22+,23+/m1/s1. The number of benzene rings is 3. The maximum absolute atomic E-state index is 13.7. The summed E-state index contributed by atoms with van der Waals surface area (Å²) in [5, 5.41) is 10.1. The van der Waals surface area contributed by atoms with Crippen molar-refractivity contribution in [3.05, 3.63) is 101 Å². The minimum atomic E-state index is -0.523. The molecule has 3 aromatic rings. The van der Waals surface area contributed by atoms with Gasteiger partial charge in [0.05, 0.1) is 18.7 Å². The van der Waals surface area contributed by atoms with Gasteiger partial charge in [-0.1, -0.05) is 30.3 Å². The molecule has 7 heteroatoms. The molecule has 1 saturated heterocycles. The lowest BCUT2D eigenvalue weighted by atomic mass is 9.71. The summed E-state index contributed by atoms with van der Waals surface area (Å²) < 4.78 is 27.5. The quantitative estimate of drug-likeness (QED) is 0.685. The maximum atomic E-state index is 13.7. The lowest BCUT2D eigenvalue weighted by Gasteiger charge is -2.58. The summed E-state index contributed by atoms with van der Waals surface area (Å²) >= 11 is 0. The molecule has 2 heterocycles. The Morgan fingerprint density at radius 1 is 0.875 bits per heavy atom. The van der Waals surface area contributed by atoms with Gasteiger partial charge in [0.15, 0.2) is 0 Å². The van der Waals surface area contributed by atoms with Crippen molar-refractivity contribution >= 4 is 17.5 Å². The van der Waals surface area contributed by atoms with Crippen molar-refractivity contribution in [1.82, 2.24) is 4.90 Å². The monoisotopic (exact) mass is 434 g/mol. The van der Waals surface area contributed by atoms with Gasteiger partial charge in [-0.25, -0.2) is 8.78 Å². The van der Waals surface area contributed by atoms with Crippen LogP contribution in [0, 0.1) is 11.6 Å². The van der Waals surface area contributed by atoms with E-state index in [1.165, 1.54) is 41.3 Å². The molecule has 0 aliphatic carbocycles. The zero-order valence-electron chi connectivity index (χ0n) is 17.0. The normalized spacial score (nSPS) is 21.4. The number of likely N-dealkylation sites (tertiary alicyclic amines) is 1. The Morgan fingerprint density at radius 3 is 2.12 bits per heavy atom. The molecule has 0 saturated carbocycles. The van der Waals surface area contributed by atoms with Crippen LogP contribution in [0.25, 0.3) is 0 Å². The lowest BCUT2D eigenvalue weighted by Crippen LogP contribution is -2.70. The Morgan fingerprint density at radius 2 is 1.50 bits per heavy atom. The first kappa shape index (κ1) is 20.3. The molecular formula is C25H20F2N2O3. The SMILES string of the molecule is O=C(c1cccc(F)c1)N1C[C@@H]2[C@H](c3ccccc31)[C@H](CO)N2C(=O)c1cccc(F)c1. The molecule has 32 heavy (non-hydrogen) atoms. The van der Waals surface area contributed by atoms with Gasteiger partial charge in [-0.05, 0) is 48.0 Å². The van der Waals surface area contributed by atoms with Crippen LogP contribution >= 0.6 is 0 Å². The second kappa shape index (κ2) is 7.84. The van der Waals surface area contributed by atoms with Crippen molar-refractivity contribution in [3.63, 3.8) is 0 Å². The molecule has 0 aromatic heterocycles. The first-order valence-corrected chi connectivity index (χ1v) is 10.3. The number of halogens is 2. The summed E-state index contributed by atoms with van der Waals surface area (Å²) in [7, 11) is 0. The van der Waals surface area contributed by atoms with E-state index in [2.05, 4.69) is 0 Å². The molecule has 0 radical (unpaired) electrons. The zero-order chi connectivity index (χ0) is 22.4. The molecule has 5 nitrogen and oxygen atoms in total. The van der Waals surface area contributed by atoms with Crippen LogP contribution in [0.2, 0.25) is 0 Å². The average Bonchev–Trinajstić information content (AvgIpc) is 2.79. The van der Waals surface area contributed by atoms with Crippen LogP contribution in [0.1, 0.15) is 32.2 Å². The van der Waals surface area contributed by atoms with E-state index < -0.39 is 29.6 Å². The fourth-order valence-electron chi connectivity index (χ4n) is 4.91. The maximum Gasteiger partial charge on any atom is 0.258 e. The number of para-hydroxylation sites is 1. The molecular weight excluding hydrogens is 414 g/mol. The van der Waals surface area contributed by atoms with E-state index in [9.17, 15) is 23.5 Å². The fraction of sp³-hybridized carbons (Fsp3) is 0.200. The van der Waals surface area contributed by atoms with Gasteiger partial charge in [-0.3, -0.25) is 9.59 Å². The third-order valence-corrected chi connectivity index (χ3v) is 6.31. The van der Waals surface area contributed by atoms with Crippen LogP contribution in [-0.2, 0) is 0 Å². The molecule has 0 spiro atoms. The van der Waals surface area contributed by atoms with Crippen LogP contribution in [0.4, 0.5) is 14.5 Å². The number of carbonyl (C=O) groups excluding carboxylic acids is 2. The van der Waals surface area contributed by atoms with E-state index in [1.54, 1.807) is 11.0 Å². The van der Waals surface area contributed by atoms with Crippen LogP contribution in [0.15, 0.2) is 72.8 Å². The Bertz CT molecular complexity index is 1220. The van der Waals surface area contributed by atoms with Crippen molar-refractivity contribution in [3.8, 4) is 0 Å². The Hall–Kier alpha value is -3.58. The number of aliphatic hydroxyl groups excluding tert-OH is 1. The number of nitrogens with zero attached hydrogens (tertiary/aromatic N) is 2. The lowest BCUT2D eigenvalue weighted by molar-refractivity contribution is -0.0246. The van der Waals surface area contributed by atoms with E-state index in [0.717, 1.165) is 11.6 Å². The summed E-state index contributed by atoms with van der Waals surface area (Å²) in [5.41, 5.74) is 1.92. The fourth-order valence-corrected chi connectivity index (χ4v) is 4.91. The summed E-state index contributed by atoms with van der Waals surface area (Å²) in [6.45, 7) is -0.0665. The van der Waals surface area contributed by atoms with Gasteiger partial charge in [0.25, 0.3) is 11.8 Å². The molecule has 2 aliphatic heterocycles. The van der Waals surface area contributed by atoms with E-state index in [0.29, 0.717) is 5.69 Å². The van der Waals surface area contributed by atoms with Gasteiger partial charge < -0.3 is 14.9 Å². The zero-order valence-corrected chi connectivity index (χ0v) is 17.0. The predicted molar refractivity (Wildman–Crippen MR) is 114 cm³/mol. The Balaban J connectivity index is 1.53. The first-order valence-electron chi connectivity index (χ1n) is 10.3. The second-order valence-electron chi connectivity index (χ2n) is 8.05. The van der Waals surface area contributed by atoms with Gasteiger partial charge in [0.1, 0.15) is 11.6 Å². The predicted octanol–water partition coefficient (Wildman–Crippen LogP) is 3.59. The van der Waals surface area contributed by atoms with Crippen molar-refractivity contribution in [2.45, 2.75) is 18.0 Å². The van der Waals surface area contributed by atoms with E-state index in [-0.39, 0.29) is 36.1 Å². The number of aliphatic hydroxyl groups is 1. The highest BCUT2D eigenvalue weighted by molar-refractivity contribution is 6.07. The highest BCUT2D eigenvalue weighted by Crippen LogP contribution is 2.48. The van der Waals surface area contributed by atoms with Crippen molar-refractivity contribution in [2.24, 2.45) is 0 Å². The summed E-state index contributed by atoms with van der Waals surface area (Å²) in [6, 6.07) is 17.4. The molecule has 5 rings (SSSR count). The molecule has 162 valence electrons. The van der Waals surface area contributed by atoms with Crippen LogP contribution in [-0.4, -0.2) is 47.1 Å². The third-order valence-electron chi connectivity index (χ3n) is 6.31. The number of hydrogen-bond donors (Lipinski definition) is 1. The highest BCUT2D eigenvalue weighted by atomic mass is 19.1.